The van der Waals surface area contributed by atoms with Crippen LogP contribution in [0.15, 0.2) is 66.0 Å². The number of rotatable bonds is 12. The van der Waals surface area contributed by atoms with Crippen LogP contribution >= 0.6 is 11.3 Å². The van der Waals surface area contributed by atoms with Crippen LogP contribution in [0.25, 0.3) is 0 Å². The quantitative estimate of drug-likeness (QED) is 0.308. The zero-order valence-electron chi connectivity index (χ0n) is 20.9. The van der Waals surface area contributed by atoms with Crippen LogP contribution < -0.4 is 0 Å². The third-order valence-corrected chi connectivity index (χ3v) is 7.70. The number of hydrogen-bond donors (Lipinski definition) is 0. The van der Waals surface area contributed by atoms with Crippen molar-refractivity contribution in [1.82, 2.24) is 9.80 Å². The predicted molar refractivity (Wildman–Crippen MR) is 140 cm³/mol. The SMILES string of the molecule is COCCCN(CC(=O)N(Cc1ccc(F)cc1)Cc1sccc1C)C(=O)C1CC1c1ccccc1. The van der Waals surface area contributed by atoms with E-state index < -0.39 is 0 Å². The average Bonchev–Trinajstić information content (AvgIpc) is 3.59. The first-order valence-electron chi connectivity index (χ1n) is 12.3. The zero-order chi connectivity index (χ0) is 25.5. The largest absolute Gasteiger partial charge is 0.385 e. The molecule has 0 aliphatic heterocycles. The van der Waals surface area contributed by atoms with Gasteiger partial charge in [-0.15, -0.1) is 11.3 Å². The molecular formula is C29H33FN2O3S. The summed E-state index contributed by atoms with van der Waals surface area (Å²) in [4.78, 5) is 31.7. The smallest absolute Gasteiger partial charge is 0.242 e. The molecule has 1 fully saturated rings. The summed E-state index contributed by atoms with van der Waals surface area (Å²) in [5, 5.41) is 2.02. The Bertz CT molecular complexity index is 1150. The molecule has 1 aliphatic rings. The Labute approximate surface area is 216 Å². The Morgan fingerprint density at radius 2 is 1.78 bits per heavy atom. The van der Waals surface area contributed by atoms with E-state index >= 15 is 0 Å². The number of ether oxygens (including phenoxy) is 1. The lowest BCUT2D eigenvalue weighted by Crippen LogP contribution is -2.43. The lowest BCUT2D eigenvalue weighted by Gasteiger charge is -2.28. The molecule has 1 aliphatic carbocycles. The molecule has 36 heavy (non-hydrogen) atoms. The van der Waals surface area contributed by atoms with Crippen LogP contribution in [0.5, 0.6) is 0 Å². The van der Waals surface area contributed by atoms with Crippen LogP contribution in [0.2, 0.25) is 0 Å². The van der Waals surface area contributed by atoms with Crippen LogP contribution in [-0.4, -0.2) is 48.4 Å². The van der Waals surface area contributed by atoms with Gasteiger partial charge in [0.25, 0.3) is 0 Å². The van der Waals surface area contributed by atoms with Crippen LogP contribution in [0.4, 0.5) is 4.39 Å². The normalized spacial score (nSPS) is 16.5. The second kappa shape index (κ2) is 12.3. The summed E-state index contributed by atoms with van der Waals surface area (Å²) in [5.41, 5.74) is 3.15. The number of thiophene rings is 1. The highest BCUT2D eigenvalue weighted by molar-refractivity contribution is 7.10. The predicted octanol–water partition coefficient (Wildman–Crippen LogP) is 5.39. The fraction of sp³-hybridized carbons (Fsp3) is 0.379. The van der Waals surface area contributed by atoms with Crippen molar-refractivity contribution in [3.05, 3.63) is 93.4 Å². The van der Waals surface area contributed by atoms with Gasteiger partial charge in [-0.1, -0.05) is 42.5 Å². The molecule has 190 valence electrons. The first-order valence-corrected chi connectivity index (χ1v) is 13.2. The van der Waals surface area contributed by atoms with Crippen LogP contribution in [0.3, 0.4) is 0 Å². The van der Waals surface area contributed by atoms with Crippen molar-refractivity contribution >= 4 is 23.2 Å². The van der Waals surface area contributed by atoms with Gasteiger partial charge in [-0.25, -0.2) is 4.39 Å². The van der Waals surface area contributed by atoms with Crippen LogP contribution in [0, 0.1) is 18.7 Å². The van der Waals surface area contributed by atoms with Gasteiger partial charge in [0.2, 0.25) is 11.8 Å². The molecule has 0 radical (unpaired) electrons. The second-order valence-corrected chi connectivity index (χ2v) is 10.4. The molecule has 4 rings (SSSR count). The van der Waals surface area contributed by atoms with Gasteiger partial charge in [-0.3, -0.25) is 9.59 Å². The lowest BCUT2D eigenvalue weighted by molar-refractivity contribution is -0.142. The monoisotopic (exact) mass is 508 g/mol. The van der Waals surface area contributed by atoms with Crippen molar-refractivity contribution in [2.24, 2.45) is 5.92 Å². The van der Waals surface area contributed by atoms with E-state index in [1.807, 2.05) is 36.6 Å². The summed E-state index contributed by atoms with van der Waals surface area (Å²) < 4.78 is 18.7. The molecule has 2 unspecified atom stereocenters. The molecule has 2 aromatic carbocycles. The average molecular weight is 509 g/mol. The number of methoxy groups -OCH3 is 1. The van der Waals surface area contributed by atoms with Gasteiger partial charge >= 0.3 is 0 Å². The summed E-state index contributed by atoms with van der Waals surface area (Å²) in [6.07, 6.45) is 1.48. The molecule has 7 heteroatoms. The third kappa shape index (κ3) is 6.80. The minimum atomic E-state index is -0.307. The number of nitrogens with zero attached hydrogens (tertiary/aromatic N) is 2. The molecule has 0 spiro atoms. The molecule has 1 aromatic heterocycles. The second-order valence-electron chi connectivity index (χ2n) is 9.37. The van der Waals surface area contributed by atoms with E-state index in [9.17, 15) is 14.0 Å². The van der Waals surface area contributed by atoms with Crippen LogP contribution in [-0.2, 0) is 27.4 Å². The maximum Gasteiger partial charge on any atom is 0.242 e. The molecule has 0 bridgehead atoms. The van der Waals surface area contributed by atoms with E-state index in [1.165, 1.54) is 17.7 Å². The Balaban J connectivity index is 1.49. The molecule has 0 saturated heterocycles. The van der Waals surface area contributed by atoms with Crippen molar-refractivity contribution in [3.8, 4) is 0 Å². The Morgan fingerprint density at radius 3 is 2.44 bits per heavy atom. The van der Waals surface area contributed by atoms with Gasteiger partial charge in [0.1, 0.15) is 5.82 Å². The number of halogens is 1. The van der Waals surface area contributed by atoms with Crippen molar-refractivity contribution in [2.75, 3.05) is 26.8 Å². The fourth-order valence-corrected chi connectivity index (χ4v) is 5.40. The Hall–Kier alpha value is -3.03. The summed E-state index contributed by atoms with van der Waals surface area (Å²) in [7, 11) is 1.64. The molecular weight excluding hydrogens is 475 g/mol. The molecule has 3 aromatic rings. The third-order valence-electron chi connectivity index (χ3n) is 6.69. The standard InChI is InChI=1S/C29H33FN2O3S/c1-21-13-16-36-27(21)19-32(18-22-9-11-24(30)12-10-22)28(33)20-31(14-6-15-35-2)29(34)26-17-25(26)23-7-4-3-5-8-23/h3-5,7-13,16,25-26H,6,14-15,17-20H2,1-2H3. The van der Waals surface area contributed by atoms with Gasteiger partial charge in [-0.2, -0.15) is 0 Å². The number of amides is 2. The van der Waals surface area contributed by atoms with E-state index in [0.717, 1.165) is 22.4 Å². The van der Waals surface area contributed by atoms with E-state index in [-0.39, 0.29) is 36.0 Å². The minimum absolute atomic E-state index is 0.0200. The molecule has 1 saturated carbocycles. The highest BCUT2D eigenvalue weighted by atomic mass is 32.1. The van der Waals surface area contributed by atoms with Gasteiger partial charge in [-0.05, 0) is 66.0 Å². The number of hydrogen-bond acceptors (Lipinski definition) is 4. The summed E-state index contributed by atoms with van der Waals surface area (Å²) in [6, 6.07) is 18.3. The van der Waals surface area contributed by atoms with E-state index in [1.54, 1.807) is 40.4 Å². The summed E-state index contributed by atoms with van der Waals surface area (Å²) >= 11 is 1.61. The lowest BCUT2D eigenvalue weighted by atomic mass is 10.1. The van der Waals surface area contributed by atoms with Gasteiger partial charge in [0.05, 0.1) is 13.1 Å². The number of carbonyl (C=O) groups excluding carboxylic acids is 2. The van der Waals surface area contributed by atoms with Crippen molar-refractivity contribution in [3.63, 3.8) is 0 Å². The first kappa shape index (κ1) is 26.0. The molecule has 2 atom stereocenters. The van der Waals surface area contributed by atoms with Gasteiger partial charge in [0.15, 0.2) is 0 Å². The van der Waals surface area contributed by atoms with Crippen molar-refractivity contribution in [1.29, 1.82) is 0 Å². The van der Waals surface area contributed by atoms with E-state index in [0.29, 0.717) is 32.7 Å². The molecule has 2 amide bonds. The summed E-state index contributed by atoms with van der Waals surface area (Å²) in [6.45, 7) is 3.86. The van der Waals surface area contributed by atoms with Crippen molar-refractivity contribution < 1.29 is 18.7 Å². The first-order chi connectivity index (χ1) is 17.5. The Kier molecular flexibility index (Phi) is 8.88. The maximum absolute atomic E-state index is 13.6. The van der Waals surface area contributed by atoms with Crippen LogP contribution in [0.1, 0.15) is 40.3 Å². The molecule has 5 nitrogen and oxygen atoms in total. The topological polar surface area (TPSA) is 49.9 Å². The highest BCUT2D eigenvalue weighted by Crippen LogP contribution is 2.48. The summed E-state index contributed by atoms with van der Waals surface area (Å²) in [5.74, 6) is -0.272. The van der Waals surface area contributed by atoms with Gasteiger partial charge < -0.3 is 14.5 Å². The Morgan fingerprint density at radius 1 is 1.03 bits per heavy atom. The van der Waals surface area contributed by atoms with Gasteiger partial charge in [0, 0.05) is 37.6 Å². The van der Waals surface area contributed by atoms with Crippen molar-refractivity contribution in [2.45, 2.75) is 38.8 Å². The fourth-order valence-electron chi connectivity index (χ4n) is 4.48. The maximum atomic E-state index is 13.6. The minimum Gasteiger partial charge on any atom is -0.385 e. The van der Waals surface area contributed by atoms with E-state index in [2.05, 4.69) is 12.1 Å². The number of benzene rings is 2. The highest BCUT2D eigenvalue weighted by Gasteiger charge is 2.46. The molecule has 1 heterocycles. The van der Waals surface area contributed by atoms with E-state index in [4.69, 9.17) is 4.74 Å². The number of carbonyl (C=O) groups is 2. The zero-order valence-corrected chi connectivity index (χ0v) is 21.7. The molecule has 0 N–H and O–H groups in total. The number of aryl methyl sites for hydroxylation is 1.